The number of likely N-dealkylation sites (N-methyl/N-ethyl adjacent to an activating group) is 1. The number of sulfone groups is 1. The Bertz CT molecular complexity index is 1000. The average molecular weight is 428 g/mol. The van der Waals surface area contributed by atoms with Gasteiger partial charge in [0, 0.05) is 18.4 Å². The second-order valence-electron chi connectivity index (χ2n) is 6.21. The lowest BCUT2D eigenvalue weighted by atomic mass is 10.1. The molecule has 0 aliphatic carbocycles. The molecule has 156 valence electrons. The first kappa shape index (κ1) is 22.4. The molecule has 0 aromatic heterocycles. The summed E-state index contributed by atoms with van der Waals surface area (Å²) in [6.07, 6.45) is -3.60. The number of amides is 2. The van der Waals surface area contributed by atoms with Crippen LogP contribution < -0.4 is 5.32 Å². The van der Waals surface area contributed by atoms with Crippen molar-refractivity contribution in [1.29, 1.82) is 0 Å². The van der Waals surface area contributed by atoms with Gasteiger partial charge in [0.25, 0.3) is 5.91 Å². The molecule has 2 amide bonds. The quantitative estimate of drug-likeness (QED) is 0.766. The molecule has 29 heavy (non-hydrogen) atoms. The highest BCUT2D eigenvalue weighted by molar-refractivity contribution is 7.90. The summed E-state index contributed by atoms with van der Waals surface area (Å²) < 4.78 is 62.1. The molecular formula is C19H19F3N2O4S. The summed E-state index contributed by atoms with van der Waals surface area (Å²) in [5, 5.41) is 2.19. The molecule has 0 unspecified atom stereocenters. The minimum Gasteiger partial charge on any atom is -0.330 e. The van der Waals surface area contributed by atoms with E-state index in [9.17, 15) is 31.2 Å². The molecular weight excluding hydrogens is 409 g/mol. The number of anilines is 1. The molecule has 6 nitrogen and oxygen atoms in total. The summed E-state index contributed by atoms with van der Waals surface area (Å²) in [7, 11) is -3.42. The van der Waals surface area contributed by atoms with Gasteiger partial charge in [-0.1, -0.05) is 12.1 Å². The summed E-state index contributed by atoms with van der Waals surface area (Å²) >= 11 is 0. The third-order valence-corrected chi connectivity index (χ3v) is 5.17. The van der Waals surface area contributed by atoms with Gasteiger partial charge in [0.1, 0.15) is 6.54 Å². The first-order chi connectivity index (χ1) is 13.4. The largest absolute Gasteiger partial charge is 0.418 e. The SMILES string of the molecule is CCN(CC(=O)Nc1ccccc1C(F)(F)F)C(=O)c1ccc(S(C)(=O)=O)cc1. The first-order valence-corrected chi connectivity index (χ1v) is 10.4. The van der Waals surface area contributed by atoms with Crippen molar-refractivity contribution in [2.45, 2.75) is 18.0 Å². The van der Waals surface area contributed by atoms with Crippen LogP contribution in [0.15, 0.2) is 53.4 Å². The number of para-hydroxylation sites is 1. The van der Waals surface area contributed by atoms with Gasteiger partial charge >= 0.3 is 6.18 Å². The van der Waals surface area contributed by atoms with Crippen molar-refractivity contribution in [3.05, 3.63) is 59.7 Å². The fourth-order valence-electron chi connectivity index (χ4n) is 2.56. The number of nitrogens with one attached hydrogen (secondary N) is 1. The van der Waals surface area contributed by atoms with Crippen molar-refractivity contribution >= 4 is 27.3 Å². The van der Waals surface area contributed by atoms with Crippen molar-refractivity contribution in [3.8, 4) is 0 Å². The third kappa shape index (κ3) is 5.80. The van der Waals surface area contributed by atoms with E-state index in [0.29, 0.717) is 0 Å². The number of alkyl halides is 3. The van der Waals surface area contributed by atoms with Gasteiger partial charge in [-0.2, -0.15) is 13.2 Å². The van der Waals surface area contributed by atoms with Gasteiger partial charge in [0.05, 0.1) is 16.1 Å². The zero-order valence-electron chi connectivity index (χ0n) is 15.7. The smallest absolute Gasteiger partial charge is 0.330 e. The molecule has 0 radical (unpaired) electrons. The van der Waals surface area contributed by atoms with Crippen molar-refractivity contribution in [2.24, 2.45) is 0 Å². The minimum atomic E-state index is -4.63. The zero-order valence-corrected chi connectivity index (χ0v) is 16.5. The highest BCUT2D eigenvalue weighted by Gasteiger charge is 2.33. The van der Waals surface area contributed by atoms with Crippen LogP contribution in [-0.4, -0.2) is 44.5 Å². The first-order valence-electron chi connectivity index (χ1n) is 8.49. The van der Waals surface area contributed by atoms with Crippen LogP contribution >= 0.6 is 0 Å². The number of carbonyl (C=O) groups is 2. The van der Waals surface area contributed by atoms with E-state index in [4.69, 9.17) is 0 Å². The van der Waals surface area contributed by atoms with Gasteiger partial charge < -0.3 is 10.2 Å². The molecule has 0 fully saturated rings. The third-order valence-electron chi connectivity index (χ3n) is 4.04. The molecule has 0 spiro atoms. The highest BCUT2D eigenvalue weighted by atomic mass is 32.2. The second-order valence-corrected chi connectivity index (χ2v) is 8.22. The molecule has 0 saturated carbocycles. The molecule has 2 aromatic rings. The highest BCUT2D eigenvalue weighted by Crippen LogP contribution is 2.34. The number of rotatable bonds is 6. The summed E-state index contributed by atoms with van der Waals surface area (Å²) in [6, 6.07) is 9.73. The minimum absolute atomic E-state index is 0.0404. The lowest BCUT2D eigenvalue weighted by Gasteiger charge is -2.21. The lowest BCUT2D eigenvalue weighted by molar-refractivity contribution is -0.137. The Kier molecular flexibility index (Phi) is 6.68. The number of halogens is 3. The molecule has 0 aliphatic heterocycles. The number of hydrogen-bond acceptors (Lipinski definition) is 4. The molecule has 0 saturated heterocycles. The number of nitrogens with zero attached hydrogens (tertiary/aromatic N) is 1. The van der Waals surface area contributed by atoms with Crippen LogP contribution in [0.4, 0.5) is 18.9 Å². The maximum Gasteiger partial charge on any atom is 0.418 e. The Hall–Kier alpha value is -2.88. The van der Waals surface area contributed by atoms with Crippen LogP contribution in [0.3, 0.4) is 0 Å². The summed E-state index contributed by atoms with van der Waals surface area (Å²) in [4.78, 5) is 26.0. The standard InChI is InChI=1S/C19H19F3N2O4S/c1-3-24(18(26)13-8-10-14(11-9-13)29(2,27)28)12-17(25)23-16-7-5-4-6-15(16)19(20,21)22/h4-11H,3,12H2,1-2H3,(H,23,25). The summed E-state index contributed by atoms with van der Waals surface area (Å²) in [5.41, 5.74) is -1.23. The zero-order chi connectivity index (χ0) is 21.8. The van der Waals surface area contributed by atoms with Gasteiger partial charge in [0.15, 0.2) is 9.84 Å². The summed E-state index contributed by atoms with van der Waals surface area (Å²) in [6.45, 7) is 1.27. The second kappa shape index (κ2) is 8.64. The molecule has 10 heteroatoms. The monoisotopic (exact) mass is 428 g/mol. The van der Waals surface area contributed by atoms with Crippen LogP contribution in [0.2, 0.25) is 0 Å². The predicted molar refractivity (Wildman–Crippen MR) is 101 cm³/mol. The maximum absolute atomic E-state index is 13.0. The van der Waals surface area contributed by atoms with Crippen molar-refractivity contribution in [2.75, 3.05) is 24.7 Å². The lowest BCUT2D eigenvalue weighted by Crippen LogP contribution is -2.38. The molecule has 1 N–H and O–H groups in total. The van der Waals surface area contributed by atoms with Crippen LogP contribution in [0.25, 0.3) is 0 Å². The predicted octanol–water partition coefficient (Wildman–Crippen LogP) is 3.21. The number of benzene rings is 2. The van der Waals surface area contributed by atoms with Crippen LogP contribution in [0.1, 0.15) is 22.8 Å². The van der Waals surface area contributed by atoms with E-state index in [0.717, 1.165) is 23.3 Å². The topological polar surface area (TPSA) is 83.6 Å². The van der Waals surface area contributed by atoms with Gasteiger partial charge in [-0.15, -0.1) is 0 Å². The van der Waals surface area contributed by atoms with Crippen molar-refractivity contribution in [1.82, 2.24) is 4.90 Å². The molecule has 0 aliphatic rings. The molecule has 0 heterocycles. The molecule has 2 aromatic carbocycles. The van der Waals surface area contributed by atoms with E-state index >= 15 is 0 Å². The maximum atomic E-state index is 13.0. The van der Waals surface area contributed by atoms with Gasteiger partial charge in [0.2, 0.25) is 5.91 Å². The van der Waals surface area contributed by atoms with E-state index < -0.39 is 45.6 Å². The van der Waals surface area contributed by atoms with E-state index in [1.54, 1.807) is 6.92 Å². The Labute approximate surface area is 166 Å². The van der Waals surface area contributed by atoms with Crippen LogP contribution in [0.5, 0.6) is 0 Å². The van der Waals surface area contributed by atoms with Gasteiger partial charge in [-0.25, -0.2) is 8.42 Å². The molecule has 0 atom stereocenters. The summed E-state index contributed by atoms with van der Waals surface area (Å²) in [5.74, 6) is -1.34. The Morgan fingerprint density at radius 3 is 2.14 bits per heavy atom. The van der Waals surface area contributed by atoms with Crippen LogP contribution in [-0.2, 0) is 20.8 Å². The number of carbonyl (C=O) groups excluding carboxylic acids is 2. The molecule has 2 rings (SSSR count). The van der Waals surface area contributed by atoms with Gasteiger partial charge in [-0.3, -0.25) is 9.59 Å². The van der Waals surface area contributed by atoms with E-state index in [-0.39, 0.29) is 17.0 Å². The van der Waals surface area contributed by atoms with Gasteiger partial charge in [-0.05, 0) is 43.3 Å². The van der Waals surface area contributed by atoms with E-state index in [1.165, 1.54) is 36.4 Å². The Morgan fingerprint density at radius 2 is 1.62 bits per heavy atom. The fraction of sp³-hybridized carbons (Fsp3) is 0.263. The Morgan fingerprint density at radius 1 is 1.03 bits per heavy atom. The molecule has 0 bridgehead atoms. The van der Waals surface area contributed by atoms with Crippen molar-refractivity contribution < 1.29 is 31.2 Å². The number of hydrogen-bond donors (Lipinski definition) is 1. The fourth-order valence-corrected chi connectivity index (χ4v) is 3.19. The average Bonchev–Trinajstić information content (AvgIpc) is 2.64. The normalized spacial score (nSPS) is 11.8. The van der Waals surface area contributed by atoms with E-state index in [2.05, 4.69) is 5.32 Å². The van der Waals surface area contributed by atoms with Crippen molar-refractivity contribution in [3.63, 3.8) is 0 Å². The van der Waals surface area contributed by atoms with E-state index in [1.807, 2.05) is 0 Å². The Balaban J connectivity index is 2.14. The van der Waals surface area contributed by atoms with Crippen LogP contribution in [0, 0.1) is 0 Å².